The predicted octanol–water partition coefficient (Wildman–Crippen LogP) is 3.85. The first kappa shape index (κ1) is 16.4. The van der Waals surface area contributed by atoms with Gasteiger partial charge in [-0.1, -0.05) is 42.5 Å². The van der Waals surface area contributed by atoms with Crippen LogP contribution in [-0.4, -0.2) is 25.8 Å². The largest absolute Gasteiger partial charge is 0.496 e. The van der Waals surface area contributed by atoms with Gasteiger partial charge in [0, 0.05) is 27.9 Å². The van der Waals surface area contributed by atoms with Crippen molar-refractivity contribution in [2.24, 2.45) is 0 Å². The van der Waals surface area contributed by atoms with Crippen molar-refractivity contribution in [3.8, 4) is 5.75 Å². The average Bonchev–Trinajstić information content (AvgIpc) is 3.06. The van der Waals surface area contributed by atoms with Gasteiger partial charge in [0.05, 0.1) is 17.5 Å². The molecule has 0 saturated heterocycles. The van der Waals surface area contributed by atoms with Crippen LogP contribution in [0.4, 0.5) is 0 Å². The maximum atomic E-state index is 13.4. The Balaban J connectivity index is 2.06. The van der Waals surface area contributed by atoms with Crippen molar-refractivity contribution in [1.82, 2.24) is 3.97 Å². The van der Waals surface area contributed by atoms with Crippen molar-refractivity contribution in [3.05, 3.63) is 72.4 Å². The van der Waals surface area contributed by atoms with Gasteiger partial charge in [-0.15, -0.1) is 0 Å². The zero-order valence-corrected chi connectivity index (χ0v) is 14.7. The van der Waals surface area contributed by atoms with Crippen LogP contribution in [0.1, 0.15) is 10.4 Å². The Morgan fingerprint density at radius 1 is 0.885 bits per heavy atom. The summed E-state index contributed by atoms with van der Waals surface area (Å²) in [4.78, 5) is 11.5. The van der Waals surface area contributed by atoms with Crippen LogP contribution in [-0.2, 0) is 10.0 Å². The summed E-state index contributed by atoms with van der Waals surface area (Å²) >= 11 is 0. The number of benzene rings is 3. The molecule has 0 radical (unpaired) electrons. The summed E-state index contributed by atoms with van der Waals surface area (Å²) in [5.41, 5.74) is 0.802. The van der Waals surface area contributed by atoms with Crippen LogP contribution >= 0.6 is 0 Å². The van der Waals surface area contributed by atoms with Gasteiger partial charge >= 0.3 is 0 Å². The maximum Gasteiger partial charge on any atom is 0.268 e. The molecule has 4 rings (SSSR count). The fraction of sp³-hybridized carbons (Fsp3) is 0.0500. The molecular weight excluding hydrogens is 350 g/mol. The van der Waals surface area contributed by atoms with E-state index in [1.807, 2.05) is 12.1 Å². The van der Waals surface area contributed by atoms with Gasteiger partial charge < -0.3 is 4.74 Å². The standard InChI is InChI=1S/C20H15NO4S/c1-25-19-10-11-20(17-8-3-2-7-16(17)19)26(23,24)21-12-14(13-22)15-6-4-5-9-18(15)21/h2-13H,1H3. The molecule has 0 bridgehead atoms. The first-order valence-corrected chi connectivity index (χ1v) is 9.38. The van der Waals surface area contributed by atoms with Crippen molar-refractivity contribution in [3.63, 3.8) is 0 Å². The van der Waals surface area contributed by atoms with E-state index in [0.717, 1.165) is 0 Å². The lowest BCUT2D eigenvalue weighted by Crippen LogP contribution is -2.12. The minimum absolute atomic E-state index is 0.159. The Hall–Kier alpha value is -3.12. The first-order valence-electron chi connectivity index (χ1n) is 7.94. The van der Waals surface area contributed by atoms with Gasteiger partial charge in [-0.3, -0.25) is 4.79 Å². The monoisotopic (exact) mass is 365 g/mol. The molecule has 0 aliphatic carbocycles. The SMILES string of the molecule is COc1ccc(S(=O)(=O)n2cc(C=O)c3ccccc32)c2ccccc12. The quantitative estimate of drug-likeness (QED) is 0.515. The third-order valence-electron chi connectivity index (χ3n) is 4.44. The molecule has 6 heteroatoms. The van der Waals surface area contributed by atoms with E-state index in [2.05, 4.69) is 0 Å². The lowest BCUT2D eigenvalue weighted by molar-refractivity contribution is 0.112. The summed E-state index contributed by atoms with van der Waals surface area (Å²) in [5, 5.41) is 1.88. The summed E-state index contributed by atoms with van der Waals surface area (Å²) in [6, 6.07) is 17.3. The molecular formula is C20H15NO4S. The zero-order chi connectivity index (χ0) is 18.3. The van der Waals surface area contributed by atoms with E-state index in [1.54, 1.807) is 49.6 Å². The molecule has 1 heterocycles. The first-order chi connectivity index (χ1) is 12.6. The molecule has 0 aliphatic heterocycles. The van der Waals surface area contributed by atoms with E-state index < -0.39 is 10.0 Å². The topological polar surface area (TPSA) is 65.4 Å². The molecule has 0 atom stereocenters. The Kier molecular flexibility index (Phi) is 3.77. The summed E-state index contributed by atoms with van der Waals surface area (Å²) in [7, 11) is -2.36. The number of nitrogens with zero attached hydrogens (tertiary/aromatic N) is 1. The van der Waals surface area contributed by atoms with Crippen molar-refractivity contribution in [1.29, 1.82) is 0 Å². The number of hydrogen-bond acceptors (Lipinski definition) is 4. The molecule has 0 fully saturated rings. The molecule has 0 unspecified atom stereocenters. The van der Waals surface area contributed by atoms with Crippen LogP contribution in [0.3, 0.4) is 0 Å². The van der Waals surface area contributed by atoms with Crippen LogP contribution in [0.15, 0.2) is 71.8 Å². The smallest absolute Gasteiger partial charge is 0.268 e. The number of para-hydroxylation sites is 1. The molecule has 130 valence electrons. The normalized spacial score (nSPS) is 11.7. The van der Waals surface area contributed by atoms with E-state index in [-0.39, 0.29) is 4.90 Å². The molecule has 4 aromatic rings. The lowest BCUT2D eigenvalue weighted by Gasteiger charge is -2.12. The highest BCUT2D eigenvalue weighted by Gasteiger charge is 2.24. The van der Waals surface area contributed by atoms with Crippen LogP contribution in [0.25, 0.3) is 21.7 Å². The molecule has 26 heavy (non-hydrogen) atoms. The van der Waals surface area contributed by atoms with Gasteiger partial charge in [0.25, 0.3) is 10.0 Å². The van der Waals surface area contributed by atoms with E-state index in [9.17, 15) is 13.2 Å². The van der Waals surface area contributed by atoms with E-state index in [4.69, 9.17) is 4.74 Å². The van der Waals surface area contributed by atoms with Crippen molar-refractivity contribution in [2.45, 2.75) is 4.90 Å². The average molecular weight is 365 g/mol. The molecule has 3 aromatic carbocycles. The van der Waals surface area contributed by atoms with Crippen LogP contribution in [0.5, 0.6) is 5.75 Å². The fourth-order valence-electron chi connectivity index (χ4n) is 3.22. The minimum Gasteiger partial charge on any atom is -0.496 e. The Bertz CT molecular complexity index is 1260. The van der Waals surface area contributed by atoms with Gasteiger partial charge in [-0.25, -0.2) is 12.4 Å². The lowest BCUT2D eigenvalue weighted by atomic mass is 10.1. The van der Waals surface area contributed by atoms with Gasteiger partial charge in [0.2, 0.25) is 0 Å². The number of methoxy groups -OCH3 is 1. The summed E-state index contributed by atoms with van der Waals surface area (Å²) in [6.07, 6.45) is 2.03. The van der Waals surface area contributed by atoms with Crippen LogP contribution < -0.4 is 4.74 Å². The van der Waals surface area contributed by atoms with Crippen molar-refractivity contribution in [2.75, 3.05) is 7.11 Å². The second-order valence-corrected chi connectivity index (χ2v) is 7.62. The van der Waals surface area contributed by atoms with Gasteiger partial charge in [0.1, 0.15) is 5.75 Å². The Labute approximate surface area is 150 Å². The molecule has 5 nitrogen and oxygen atoms in total. The number of hydrogen-bond donors (Lipinski definition) is 0. The van der Waals surface area contributed by atoms with Gasteiger partial charge in [0.15, 0.2) is 6.29 Å². The third kappa shape index (κ3) is 2.30. The molecule has 0 aliphatic rings. The highest BCUT2D eigenvalue weighted by atomic mass is 32.2. The molecule has 0 amide bonds. The van der Waals surface area contributed by atoms with Crippen molar-refractivity contribution < 1.29 is 17.9 Å². The van der Waals surface area contributed by atoms with E-state index in [0.29, 0.717) is 39.3 Å². The van der Waals surface area contributed by atoms with Crippen molar-refractivity contribution >= 4 is 38.0 Å². The maximum absolute atomic E-state index is 13.4. The number of rotatable bonds is 4. The number of ether oxygens (including phenoxy) is 1. The number of carbonyl (C=O) groups excluding carboxylic acids is 1. The minimum atomic E-state index is -3.90. The van der Waals surface area contributed by atoms with Crippen LogP contribution in [0, 0.1) is 0 Å². The number of fused-ring (bicyclic) bond motifs is 2. The number of aldehydes is 1. The van der Waals surface area contributed by atoms with E-state index in [1.165, 1.54) is 16.2 Å². The highest BCUT2D eigenvalue weighted by Crippen LogP contribution is 2.33. The zero-order valence-electron chi connectivity index (χ0n) is 13.9. The molecule has 1 aromatic heterocycles. The van der Waals surface area contributed by atoms with Crippen LogP contribution in [0.2, 0.25) is 0 Å². The fourth-order valence-corrected chi connectivity index (χ4v) is 4.80. The van der Waals surface area contributed by atoms with Gasteiger partial charge in [-0.05, 0) is 18.2 Å². The van der Waals surface area contributed by atoms with Gasteiger partial charge in [-0.2, -0.15) is 0 Å². The number of carbonyl (C=O) groups is 1. The molecule has 0 N–H and O–H groups in total. The second kappa shape index (κ2) is 6.00. The molecule has 0 saturated carbocycles. The second-order valence-electron chi connectivity index (χ2n) is 5.83. The Morgan fingerprint density at radius 2 is 1.54 bits per heavy atom. The summed E-state index contributed by atoms with van der Waals surface area (Å²) < 4.78 is 33.3. The summed E-state index contributed by atoms with van der Waals surface area (Å²) in [5.74, 6) is 0.602. The summed E-state index contributed by atoms with van der Waals surface area (Å²) in [6.45, 7) is 0. The predicted molar refractivity (Wildman–Crippen MR) is 100 cm³/mol. The highest BCUT2D eigenvalue weighted by molar-refractivity contribution is 7.90. The van der Waals surface area contributed by atoms with E-state index >= 15 is 0 Å². The number of aromatic nitrogens is 1. The Morgan fingerprint density at radius 3 is 2.23 bits per heavy atom. The molecule has 0 spiro atoms. The third-order valence-corrected chi connectivity index (χ3v) is 6.17.